The smallest absolute Gasteiger partial charge is 0.242 e. The Morgan fingerprint density at radius 3 is 2.55 bits per heavy atom. The number of benzene rings is 2. The lowest BCUT2D eigenvalue weighted by atomic mass is 10.0. The van der Waals surface area contributed by atoms with E-state index in [0.29, 0.717) is 5.65 Å². The fourth-order valence-electron chi connectivity index (χ4n) is 3.16. The van der Waals surface area contributed by atoms with Gasteiger partial charge in [-0.05, 0) is 35.9 Å². The van der Waals surface area contributed by atoms with E-state index in [1.807, 2.05) is 36.4 Å². The molecular formula is C21H20N4O3S. The van der Waals surface area contributed by atoms with Crippen molar-refractivity contribution in [3.8, 4) is 28.1 Å². The molecule has 2 heterocycles. The Kier molecular flexibility index (Phi) is 4.81. The van der Waals surface area contributed by atoms with Crippen molar-refractivity contribution in [2.45, 2.75) is 4.90 Å². The van der Waals surface area contributed by atoms with E-state index in [2.05, 4.69) is 15.2 Å². The molecule has 0 unspecified atom stereocenters. The molecule has 0 spiro atoms. The summed E-state index contributed by atoms with van der Waals surface area (Å²) < 4.78 is 31.6. The number of ether oxygens (including phenoxy) is 1. The highest BCUT2D eigenvalue weighted by molar-refractivity contribution is 7.89. The lowest BCUT2D eigenvalue weighted by Gasteiger charge is -2.12. The summed E-state index contributed by atoms with van der Waals surface area (Å²) in [4.78, 5) is 4.68. The summed E-state index contributed by atoms with van der Waals surface area (Å²) in [6, 6.07) is 16.4. The number of para-hydroxylation sites is 1. The van der Waals surface area contributed by atoms with Crippen LogP contribution >= 0.6 is 0 Å². The van der Waals surface area contributed by atoms with Gasteiger partial charge in [0.25, 0.3) is 0 Å². The van der Waals surface area contributed by atoms with E-state index in [-0.39, 0.29) is 4.90 Å². The molecule has 0 saturated heterocycles. The number of H-pyrrole nitrogens is 1. The number of aromatic nitrogens is 3. The highest BCUT2D eigenvalue weighted by Gasteiger charge is 2.18. The van der Waals surface area contributed by atoms with Crippen LogP contribution in [0.25, 0.3) is 33.4 Å². The normalized spacial score (nSPS) is 11.9. The highest BCUT2D eigenvalue weighted by atomic mass is 32.2. The first-order valence-electron chi connectivity index (χ1n) is 8.92. The molecule has 0 aliphatic rings. The number of hydrogen-bond donors (Lipinski definition) is 1. The minimum absolute atomic E-state index is 0.234. The number of pyridine rings is 1. The molecule has 0 radical (unpaired) electrons. The fourth-order valence-corrected chi connectivity index (χ4v) is 4.11. The van der Waals surface area contributed by atoms with Gasteiger partial charge in [-0.3, -0.25) is 5.10 Å². The van der Waals surface area contributed by atoms with Gasteiger partial charge in [-0.15, -0.1) is 0 Å². The first-order valence-corrected chi connectivity index (χ1v) is 10.4. The van der Waals surface area contributed by atoms with Crippen LogP contribution in [0.15, 0.2) is 65.7 Å². The Balaban J connectivity index is 1.85. The van der Waals surface area contributed by atoms with Crippen molar-refractivity contribution in [2.75, 3.05) is 21.2 Å². The zero-order chi connectivity index (χ0) is 20.6. The van der Waals surface area contributed by atoms with Crippen LogP contribution in [0.5, 0.6) is 5.75 Å². The van der Waals surface area contributed by atoms with Crippen molar-refractivity contribution in [3.05, 3.63) is 60.8 Å². The predicted octanol–water partition coefficient (Wildman–Crippen LogP) is 3.55. The molecule has 0 aliphatic heterocycles. The summed E-state index contributed by atoms with van der Waals surface area (Å²) in [6.45, 7) is 0. The van der Waals surface area contributed by atoms with Crippen molar-refractivity contribution in [1.82, 2.24) is 19.5 Å². The maximum Gasteiger partial charge on any atom is 0.242 e. The van der Waals surface area contributed by atoms with Crippen LogP contribution in [0.1, 0.15) is 0 Å². The quantitative estimate of drug-likeness (QED) is 0.546. The number of aromatic amines is 1. The first-order chi connectivity index (χ1) is 13.9. The fraction of sp³-hybridized carbons (Fsp3) is 0.143. The average Bonchev–Trinajstić information content (AvgIpc) is 3.16. The molecule has 4 aromatic rings. The third kappa shape index (κ3) is 3.37. The molecule has 2 aromatic heterocycles. The Morgan fingerprint density at radius 2 is 1.79 bits per heavy atom. The summed E-state index contributed by atoms with van der Waals surface area (Å²) in [5, 5.41) is 8.16. The second kappa shape index (κ2) is 7.31. The molecule has 2 aromatic carbocycles. The molecule has 0 amide bonds. The van der Waals surface area contributed by atoms with Gasteiger partial charge in [0.05, 0.1) is 17.7 Å². The van der Waals surface area contributed by atoms with Crippen molar-refractivity contribution < 1.29 is 13.2 Å². The molecule has 8 heteroatoms. The number of sulfonamides is 1. The van der Waals surface area contributed by atoms with Crippen molar-refractivity contribution in [1.29, 1.82) is 0 Å². The van der Waals surface area contributed by atoms with Gasteiger partial charge < -0.3 is 4.74 Å². The Morgan fingerprint density at radius 1 is 1.00 bits per heavy atom. The maximum atomic E-state index is 12.5. The number of hydrogen-bond acceptors (Lipinski definition) is 5. The highest BCUT2D eigenvalue weighted by Crippen LogP contribution is 2.34. The molecule has 0 bridgehead atoms. The van der Waals surface area contributed by atoms with Gasteiger partial charge in [0.2, 0.25) is 10.0 Å². The summed E-state index contributed by atoms with van der Waals surface area (Å²) in [6.07, 6.45) is 1.69. The number of rotatable bonds is 5. The number of nitrogens with one attached hydrogen (secondary N) is 1. The molecule has 148 valence electrons. The second-order valence-electron chi connectivity index (χ2n) is 6.71. The van der Waals surface area contributed by atoms with E-state index < -0.39 is 10.0 Å². The largest absolute Gasteiger partial charge is 0.496 e. The zero-order valence-electron chi connectivity index (χ0n) is 16.2. The van der Waals surface area contributed by atoms with E-state index in [4.69, 9.17) is 4.74 Å². The van der Waals surface area contributed by atoms with Gasteiger partial charge >= 0.3 is 0 Å². The van der Waals surface area contributed by atoms with Crippen LogP contribution < -0.4 is 4.74 Å². The van der Waals surface area contributed by atoms with Gasteiger partial charge in [0, 0.05) is 36.8 Å². The monoisotopic (exact) mass is 408 g/mol. The van der Waals surface area contributed by atoms with Crippen LogP contribution in [0.4, 0.5) is 0 Å². The summed E-state index contributed by atoms with van der Waals surface area (Å²) in [5.41, 5.74) is 3.80. The van der Waals surface area contributed by atoms with E-state index in [1.165, 1.54) is 18.4 Å². The molecule has 29 heavy (non-hydrogen) atoms. The van der Waals surface area contributed by atoms with Gasteiger partial charge in [0.15, 0.2) is 5.65 Å². The first kappa shape index (κ1) is 19.1. The Hall–Kier alpha value is -3.23. The van der Waals surface area contributed by atoms with Crippen molar-refractivity contribution in [2.24, 2.45) is 0 Å². The van der Waals surface area contributed by atoms with Crippen LogP contribution in [-0.4, -0.2) is 49.1 Å². The molecule has 7 nitrogen and oxygen atoms in total. The maximum absolute atomic E-state index is 12.5. The molecule has 0 saturated carbocycles. The molecule has 0 atom stereocenters. The number of methoxy groups -OCH3 is 1. The van der Waals surface area contributed by atoms with E-state index in [9.17, 15) is 8.42 Å². The van der Waals surface area contributed by atoms with Crippen LogP contribution in [0.3, 0.4) is 0 Å². The minimum atomic E-state index is -3.52. The molecule has 0 aliphatic carbocycles. The number of fused-ring (bicyclic) bond motifs is 1. The lowest BCUT2D eigenvalue weighted by Crippen LogP contribution is -2.22. The Labute approximate surface area is 169 Å². The standard InChI is InChI=1S/C21H20N4O3S/c1-25(2)29(26,27)16-8-6-7-14(11-16)15-12-18-20(23-24-21(18)22-13-15)17-9-4-5-10-19(17)28-3/h4-13H,1-3H3,(H,22,23,24). The van der Waals surface area contributed by atoms with Crippen molar-refractivity contribution in [3.63, 3.8) is 0 Å². The molecule has 4 rings (SSSR count). The summed E-state index contributed by atoms with van der Waals surface area (Å²) in [7, 11) is 1.13. The van der Waals surface area contributed by atoms with Crippen LogP contribution in [0, 0.1) is 0 Å². The third-order valence-corrected chi connectivity index (χ3v) is 6.54. The van der Waals surface area contributed by atoms with Crippen molar-refractivity contribution >= 4 is 21.1 Å². The topological polar surface area (TPSA) is 88.2 Å². The Bertz CT molecular complexity index is 1300. The van der Waals surface area contributed by atoms with Gasteiger partial charge in [-0.25, -0.2) is 17.7 Å². The second-order valence-corrected chi connectivity index (χ2v) is 8.86. The lowest BCUT2D eigenvalue weighted by molar-refractivity contribution is 0.416. The van der Waals surface area contributed by atoms with Crippen LogP contribution in [0.2, 0.25) is 0 Å². The SMILES string of the molecule is COc1ccccc1-c1[nH]nc2ncc(-c3cccc(S(=O)(=O)N(C)C)c3)cc12. The van der Waals surface area contributed by atoms with Crippen LogP contribution in [-0.2, 0) is 10.0 Å². The molecule has 0 fully saturated rings. The average molecular weight is 408 g/mol. The van der Waals surface area contributed by atoms with Gasteiger partial charge in [-0.2, -0.15) is 5.10 Å². The van der Waals surface area contributed by atoms with E-state index >= 15 is 0 Å². The summed E-state index contributed by atoms with van der Waals surface area (Å²) in [5.74, 6) is 0.725. The third-order valence-electron chi connectivity index (χ3n) is 4.73. The predicted molar refractivity (Wildman–Crippen MR) is 112 cm³/mol. The van der Waals surface area contributed by atoms with Gasteiger partial charge in [0.1, 0.15) is 5.75 Å². The number of nitrogens with zero attached hydrogens (tertiary/aromatic N) is 3. The molecular weight excluding hydrogens is 388 g/mol. The van der Waals surface area contributed by atoms with E-state index in [1.54, 1.807) is 31.5 Å². The summed E-state index contributed by atoms with van der Waals surface area (Å²) >= 11 is 0. The zero-order valence-corrected chi connectivity index (χ0v) is 17.1. The van der Waals surface area contributed by atoms with Gasteiger partial charge in [-0.1, -0.05) is 24.3 Å². The minimum Gasteiger partial charge on any atom is -0.496 e. The molecule has 1 N–H and O–H groups in total. The van der Waals surface area contributed by atoms with E-state index in [0.717, 1.165) is 33.5 Å².